The minimum Gasteiger partial charge on any atom is -0.382 e. The maximum Gasteiger partial charge on any atom is 0.399 e. The summed E-state index contributed by atoms with van der Waals surface area (Å²) < 4.78 is 38.3. The molecule has 0 amide bonds. The van der Waals surface area contributed by atoms with Crippen molar-refractivity contribution >= 4 is 5.82 Å². The van der Waals surface area contributed by atoms with E-state index >= 15 is 0 Å². The van der Waals surface area contributed by atoms with E-state index in [1.807, 2.05) is 0 Å². The Bertz CT molecular complexity index is 338. The molecular formula is C8H10F3N3. The van der Waals surface area contributed by atoms with Crippen LogP contribution < -0.4 is 5.73 Å². The van der Waals surface area contributed by atoms with Gasteiger partial charge in [0.2, 0.25) is 0 Å². The number of aromatic nitrogens is 2. The summed E-state index contributed by atoms with van der Waals surface area (Å²) in [4.78, 5) is 0. The van der Waals surface area contributed by atoms with Gasteiger partial charge in [-0.15, -0.1) is 0 Å². The SMILES string of the molecule is Nc1cc(C2(C(F)(F)F)CCC2)[nH]n1. The molecule has 3 N–H and O–H groups in total. The summed E-state index contributed by atoms with van der Waals surface area (Å²) >= 11 is 0. The van der Waals surface area contributed by atoms with E-state index in [0.717, 1.165) is 0 Å². The summed E-state index contributed by atoms with van der Waals surface area (Å²) in [6, 6.07) is 1.27. The summed E-state index contributed by atoms with van der Waals surface area (Å²) in [6.45, 7) is 0. The second-order valence-corrected chi connectivity index (χ2v) is 3.64. The Labute approximate surface area is 78.5 Å². The Hall–Kier alpha value is -1.20. The van der Waals surface area contributed by atoms with E-state index in [4.69, 9.17) is 5.73 Å². The number of nitrogens with one attached hydrogen (secondary N) is 1. The van der Waals surface area contributed by atoms with Gasteiger partial charge in [-0.05, 0) is 12.8 Å². The molecular weight excluding hydrogens is 195 g/mol. The largest absolute Gasteiger partial charge is 0.399 e. The van der Waals surface area contributed by atoms with Crippen LogP contribution >= 0.6 is 0 Å². The van der Waals surface area contributed by atoms with Crippen molar-refractivity contribution in [2.45, 2.75) is 30.9 Å². The van der Waals surface area contributed by atoms with Gasteiger partial charge in [0.25, 0.3) is 0 Å². The van der Waals surface area contributed by atoms with Crippen molar-refractivity contribution in [3.05, 3.63) is 11.8 Å². The van der Waals surface area contributed by atoms with Gasteiger partial charge in [-0.2, -0.15) is 18.3 Å². The highest BCUT2D eigenvalue weighted by atomic mass is 19.4. The van der Waals surface area contributed by atoms with E-state index in [1.54, 1.807) is 0 Å². The molecule has 1 aliphatic rings. The number of hydrogen-bond donors (Lipinski definition) is 2. The van der Waals surface area contributed by atoms with Gasteiger partial charge in [0.05, 0.1) is 5.69 Å². The lowest BCUT2D eigenvalue weighted by molar-refractivity contribution is -0.214. The quantitative estimate of drug-likeness (QED) is 0.736. The van der Waals surface area contributed by atoms with Crippen LogP contribution in [-0.2, 0) is 5.41 Å². The fourth-order valence-corrected chi connectivity index (χ4v) is 1.82. The highest BCUT2D eigenvalue weighted by Crippen LogP contribution is 2.54. The van der Waals surface area contributed by atoms with Crippen molar-refractivity contribution in [2.75, 3.05) is 5.73 Å². The Morgan fingerprint density at radius 1 is 1.43 bits per heavy atom. The zero-order valence-corrected chi connectivity index (χ0v) is 7.36. The molecule has 0 spiro atoms. The first-order valence-corrected chi connectivity index (χ1v) is 4.34. The number of alkyl halides is 3. The Balaban J connectivity index is 2.38. The zero-order valence-electron chi connectivity index (χ0n) is 7.36. The predicted octanol–water partition coefficient (Wildman–Crippen LogP) is 1.98. The van der Waals surface area contributed by atoms with Crippen molar-refractivity contribution in [1.29, 1.82) is 0 Å². The van der Waals surface area contributed by atoms with Gasteiger partial charge in [-0.1, -0.05) is 6.42 Å². The van der Waals surface area contributed by atoms with Crippen LogP contribution in [0.15, 0.2) is 6.07 Å². The zero-order chi connectivity index (χ0) is 10.4. The summed E-state index contributed by atoms with van der Waals surface area (Å²) in [6.07, 6.45) is -3.38. The lowest BCUT2D eigenvalue weighted by atomic mass is 9.66. The normalized spacial score (nSPS) is 20.5. The first kappa shape index (κ1) is 9.36. The number of hydrogen-bond acceptors (Lipinski definition) is 2. The molecule has 0 atom stereocenters. The third-order valence-corrected chi connectivity index (χ3v) is 2.86. The molecule has 78 valence electrons. The van der Waals surface area contributed by atoms with E-state index < -0.39 is 11.6 Å². The van der Waals surface area contributed by atoms with Crippen molar-refractivity contribution < 1.29 is 13.2 Å². The first-order valence-electron chi connectivity index (χ1n) is 4.34. The summed E-state index contributed by atoms with van der Waals surface area (Å²) in [5, 5.41) is 5.89. The van der Waals surface area contributed by atoms with Crippen molar-refractivity contribution in [2.24, 2.45) is 0 Å². The highest BCUT2D eigenvalue weighted by molar-refractivity contribution is 5.35. The minimum atomic E-state index is -4.22. The lowest BCUT2D eigenvalue weighted by Gasteiger charge is -2.42. The third kappa shape index (κ3) is 1.09. The van der Waals surface area contributed by atoms with Crippen LogP contribution in [-0.4, -0.2) is 16.4 Å². The lowest BCUT2D eigenvalue weighted by Crippen LogP contribution is -2.48. The molecule has 1 fully saturated rings. The minimum absolute atomic E-state index is 0.0914. The molecule has 0 bridgehead atoms. The van der Waals surface area contributed by atoms with Crippen molar-refractivity contribution in [3.63, 3.8) is 0 Å². The van der Waals surface area contributed by atoms with Gasteiger partial charge in [-0.3, -0.25) is 5.10 Å². The number of nitrogens with two attached hydrogens (primary N) is 1. The van der Waals surface area contributed by atoms with Crippen LogP contribution in [0.5, 0.6) is 0 Å². The monoisotopic (exact) mass is 205 g/mol. The van der Waals surface area contributed by atoms with Gasteiger partial charge in [0, 0.05) is 6.07 Å². The number of nitrogen functional groups attached to an aromatic ring is 1. The molecule has 2 rings (SSSR count). The first-order chi connectivity index (χ1) is 6.46. The standard InChI is InChI=1S/C8H10F3N3/c9-8(10,11)7(2-1-3-7)5-4-6(12)14-13-5/h4H,1-3H2,(H3,12,13,14). The molecule has 1 aromatic rings. The van der Waals surface area contributed by atoms with E-state index in [0.29, 0.717) is 6.42 Å². The van der Waals surface area contributed by atoms with Crippen LogP contribution in [0, 0.1) is 0 Å². The van der Waals surface area contributed by atoms with Crippen LogP contribution in [0.2, 0.25) is 0 Å². The number of halogens is 3. The molecule has 0 saturated heterocycles. The summed E-state index contributed by atoms with van der Waals surface area (Å²) in [5.41, 5.74) is 3.65. The van der Waals surface area contributed by atoms with Gasteiger partial charge in [0.1, 0.15) is 11.2 Å². The molecule has 1 saturated carbocycles. The molecule has 0 unspecified atom stereocenters. The fourth-order valence-electron chi connectivity index (χ4n) is 1.82. The van der Waals surface area contributed by atoms with Crippen molar-refractivity contribution in [1.82, 2.24) is 10.2 Å². The van der Waals surface area contributed by atoms with E-state index in [1.165, 1.54) is 6.07 Å². The van der Waals surface area contributed by atoms with Gasteiger partial charge in [-0.25, -0.2) is 0 Å². The molecule has 6 heteroatoms. The Morgan fingerprint density at radius 2 is 2.07 bits per heavy atom. The number of aromatic amines is 1. The number of H-pyrrole nitrogens is 1. The fraction of sp³-hybridized carbons (Fsp3) is 0.625. The number of rotatable bonds is 1. The van der Waals surface area contributed by atoms with E-state index in [-0.39, 0.29) is 24.4 Å². The maximum absolute atomic E-state index is 12.8. The number of anilines is 1. The van der Waals surface area contributed by atoms with E-state index in [2.05, 4.69) is 10.2 Å². The van der Waals surface area contributed by atoms with Crippen LogP contribution in [0.3, 0.4) is 0 Å². The second kappa shape index (κ2) is 2.65. The molecule has 3 nitrogen and oxygen atoms in total. The average Bonchev–Trinajstić information content (AvgIpc) is 2.29. The van der Waals surface area contributed by atoms with Crippen molar-refractivity contribution in [3.8, 4) is 0 Å². The van der Waals surface area contributed by atoms with Crippen LogP contribution in [0.4, 0.5) is 19.0 Å². The highest BCUT2D eigenvalue weighted by Gasteiger charge is 2.60. The Kier molecular flexibility index (Phi) is 1.77. The summed E-state index contributed by atoms with van der Waals surface area (Å²) in [5.74, 6) is 0.107. The molecule has 14 heavy (non-hydrogen) atoms. The molecule has 0 radical (unpaired) electrons. The van der Waals surface area contributed by atoms with Gasteiger partial charge < -0.3 is 5.73 Å². The molecule has 1 aromatic heterocycles. The second-order valence-electron chi connectivity index (χ2n) is 3.64. The average molecular weight is 205 g/mol. The smallest absolute Gasteiger partial charge is 0.382 e. The topological polar surface area (TPSA) is 54.7 Å². The predicted molar refractivity (Wildman–Crippen MR) is 44.6 cm³/mol. The van der Waals surface area contributed by atoms with Crippen LogP contribution in [0.1, 0.15) is 25.0 Å². The van der Waals surface area contributed by atoms with Crippen LogP contribution in [0.25, 0.3) is 0 Å². The van der Waals surface area contributed by atoms with Gasteiger partial charge >= 0.3 is 6.18 Å². The maximum atomic E-state index is 12.8. The molecule has 0 aliphatic heterocycles. The number of nitrogens with zero attached hydrogens (tertiary/aromatic N) is 1. The van der Waals surface area contributed by atoms with Gasteiger partial charge in [0.15, 0.2) is 0 Å². The molecule has 1 heterocycles. The molecule has 0 aromatic carbocycles. The van der Waals surface area contributed by atoms with E-state index in [9.17, 15) is 13.2 Å². The summed E-state index contributed by atoms with van der Waals surface area (Å²) in [7, 11) is 0. The Morgan fingerprint density at radius 3 is 2.36 bits per heavy atom. The third-order valence-electron chi connectivity index (χ3n) is 2.86. The molecule has 1 aliphatic carbocycles.